The van der Waals surface area contributed by atoms with Crippen LogP contribution in [0.2, 0.25) is 0 Å². The molecule has 6 heteroatoms. The van der Waals surface area contributed by atoms with Gasteiger partial charge in [-0.1, -0.05) is 0 Å². The maximum Gasteiger partial charge on any atom is 0.225 e. The van der Waals surface area contributed by atoms with Crippen molar-refractivity contribution in [3.63, 3.8) is 0 Å². The normalized spacial score (nSPS) is 24.7. The summed E-state index contributed by atoms with van der Waals surface area (Å²) in [6.07, 6.45) is 5.90. The molecule has 1 aromatic rings. The number of carbonyl (C=O) groups excluding carboxylic acids is 2. The molecule has 22 heavy (non-hydrogen) atoms. The summed E-state index contributed by atoms with van der Waals surface area (Å²) in [5.74, 6) is -0.254. The lowest BCUT2D eigenvalue weighted by Crippen LogP contribution is -2.35. The van der Waals surface area contributed by atoms with Crippen LogP contribution in [0.5, 0.6) is 0 Å². The van der Waals surface area contributed by atoms with E-state index >= 15 is 0 Å². The number of hydrogen-bond acceptors (Lipinski definition) is 4. The van der Waals surface area contributed by atoms with Gasteiger partial charge in [0, 0.05) is 45.1 Å². The van der Waals surface area contributed by atoms with E-state index in [4.69, 9.17) is 4.74 Å². The van der Waals surface area contributed by atoms with Crippen molar-refractivity contribution in [3.8, 4) is 0 Å². The molecule has 0 aliphatic carbocycles. The van der Waals surface area contributed by atoms with Crippen LogP contribution in [0.3, 0.4) is 0 Å². The summed E-state index contributed by atoms with van der Waals surface area (Å²) < 4.78 is 5.56. The number of carbonyl (C=O) groups is 2. The van der Waals surface area contributed by atoms with E-state index in [0.717, 1.165) is 25.0 Å². The Morgan fingerprint density at radius 2 is 2.23 bits per heavy atom. The van der Waals surface area contributed by atoms with Crippen LogP contribution in [-0.2, 0) is 20.9 Å². The summed E-state index contributed by atoms with van der Waals surface area (Å²) in [5, 5.41) is 2.90. The topological polar surface area (TPSA) is 71.5 Å². The van der Waals surface area contributed by atoms with Gasteiger partial charge in [-0.2, -0.15) is 0 Å². The van der Waals surface area contributed by atoms with Gasteiger partial charge in [0.15, 0.2) is 0 Å². The molecule has 2 aliphatic heterocycles. The number of rotatable bonds is 5. The number of aromatic nitrogens is 1. The molecule has 0 bridgehead atoms. The van der Waals surface area contributed by atoms with Crippen LogP contribution >= 0.6 is 0 Å². The summed E-state index contributed by atoms with van der Waals surface area (Å²) in [4.78, 5) is 30.0. The second-order valence-electron chi connectivity index (χ2n) is 5.91. The summed E-state index contributed by atoms with van der Waals surface area (Å²) in [5.41, 5.74) is 1.00. The first kappa shape index (κ1) is 15.0. The van der Waals surface area contributed by atoms with Crippen molar-refractivity contribution >= 4 is 11.8 Å². The molecule has 3 rings (SSSR count). The molecule has 0 aromatic carbocycles. The van der Waals surface area contributed by atoms with Gasteiger partial charge < -0.3 is 15.0 Å². The van der Waals surface area contributed by atoms with Gasteiger partial charge in [0.2, 0.25) is 11.8 Å². The molecule has 0 spiro atoms. The van der Waals surface area contributed by atoms with Crippen molar-refractivity contribution < 1.29 is 14.3 Å². The second kappa shape index (κ2) is 6.87. The van der Waals surface area contributed by atoms with E-state index in [2.05, 4.69) is 10.3 Å². The minimum absolute atomic E-state index is 0.0551. The van der Waals surface area contributed by atoms with Crippen LogP contribution in [0.15, 0.2) is 24.5 Å². The number of hydrogen-bond donors (Lipinski definition) is 1. The van der Waals surface area contributed by atoms with Crippen LogP contribution in [0.4, 0.5) is 0 Å². The number of likely N-dealkylation sites (tertiary alicyclic amines) is 1. The predicted octanol–water partition coefficient (Wildman–Crippen LogP) is 0.725. The molecule has 0 saturated carbocycles. The SMILES string of the molecule is O=C(NCc1ccncc1)C1CC(=O)N(CC2CCCO2)C1. The first-order valence-electron chi connectivity index (χ1n) is 7.78. The largest absolute Gasteiger partial charge is 0.376 e. The molecular weight excluding hydrogens is 282 g/mol. The molecule has 2 aliphatic rings. The third-order valence-corrected chi connectivity index (χ3v) is 4.25. The van der Waals surface area contributed by atoms with Crippen molar-refractivity contribution in [2.45, 2.75) is 31.9 Å². The zero-order valence-electron chi connectivity index (χ0n) is 12.5. The Morgan fingerprint density at radius 3 is 2.95 bits per heavy atom. The third kappa shape index (κ3) is 3.62. The van der Waals surface area contributed by atoms with Crippen molar-refractivity contribution in [1.29, 1.82) is 0 Å². The highest BCUT2D eigenvalue weighted by Gasteiger charge is 2.35. The molecule has 2 saturated heterocycles. The lowest BCUT2D eigenvalue weighted by molar-refractivity contribution is -0.129. The lowest BCUT2D eigenvalue weighted by Gasteiger charge is -2.20. The quantitative estimate of drug-likeness (QED) is 0.870. The van der Waals surface area contributed by atoms with Crippen LogP contribution in [0, 0.1) is 5.92 Å². The molecule has 2 fully saturated rings. The van der Waals surface area contributed by atoms with Gasteiger partial charge in [0.25, 0.3) is 0 Å². The number of amides is 2. The van der Waals surface area contributed by atoms with E-state index in [0.29, 0.717) is 26.1 Å². The van der Waals surface area contributed by atoms with Gasteiger partial charge in [-0.3, -0.25) is 14.6 Å². The van der Waals surface area contributed by atoms with Crippen molar-refractivity contribution in [2.24, 2.45) is 5.92 Å². The third-order valence-electron chi connectivity index (χ3n) is 4.25. The van der Waals surface area contributed by atoms with E-state index in [-0.39, 0.29) is 23.8 Å². The second-order valence-corrected chi connectivity index (χ2v) is 5.91. The highest BCUT2D eigenvalue weighted by atomic mass is 16.5. The van der Waals surface area contributed by atoms with E-state index in [1.807, 2.05) is 12.1 Å². The Morgan fingerprint density at radius 1 is 1.41 bits per heavy atom. The molecule has 6 nitrogen and oxygen atoms in total. The van der Waals surface area contributed by atoms with Crippen LogP contribution in [-0.4, -0.2) is 47.5 Å². The van der Waals surface area contributed by atoms with Gasteiger partial charge in [-0.05, 0) is 30.5 Å². The van der Waals surface area contributed by atoms with Gasteiger partial charge in [-0.15, -0.1) is 0 Å². The monoisotopic (exact) mass is 303 g/mol. The fraction of sp³-hybridized carbons (Fsp3) is 0.562. The van der Waals surface area contributed by atoms with Crippen molar-refractivity contribution in [1.82, 2.24) is 15.2 Å². The highest BCUT2D eigenvalue weighted by molar-refractivity contribution is 5.89. The molecule has 2 amide bonds. The first-order chi connectivity index (χ1) is 10.7. The maximum atomic E-state index is 12.2. The van der Waals surface area contributed by atoms with Crippen molar-refractivity contribution in [2.75, 3.05) is 19.7 Å². The number of nitrogens with one attached hydrogen (secondary N) is 1. The van der Waals surface area contributed by atoms with Crippen LogP contribution in [0.1, 0.15) is 24.8 Å². The Kier molecular flexibility index (Phi) is 4.68. The molecule has 1 aromatic heterocycles. The standard InChI is InChI=1S/C16H21N3O3/c20-15-8-13(10-19(15)11-14-2-1-7-22-14)16(21)18-9-12-3-5-17-6-4-12/h3-6,13-14H,1-2,7-11H2,(H,18,21). The highest BCUT2D eigenvalue weighted by Crippen LogP contribution is 2.21. The van der Waals surface area contributed by atoms with Gasteiger partial charge >= 0.3 is 0 Å². The molecular formula is C16H21N3O3. The molecule has 2 atom stereocenters. The number of pyridine rings is 1. The van der Waals surface area contributed by atoms with Crippen LogP contribution in [0.25, 0.3) is 0 Å². The summed E-state index contributed by atoms with van der Waals surface area (Å²) in [7, 11) is 0. The van der Waals surface area contributed by atoms with E-state index in [1.54, 1.807) is 17.3 Å². The average molecular weight is 303 g/mol. The van der Waals surface area contributed by atoms with Crippen LogP contribution < -0.4 is 5.32 Å². The van der Waals surface area contributed by atoms with E-state index < -0.39 is 0 Å². The summed E-state index contributed by atoms with van der Waals surface area (Å²) in [6, 6.07) is 3.73. The summed E-state index contributed by atoms with van der Waals surface area (Å²) in [6.45, 7) is 2.37. The Bertz CT molecular complexity index is 529. The fourth-order valence-corrected chi connectivity index (χ4v) is 2.99. The number of nitrogens with zero attached hydrogens (tertiary/aromatic N) is 2. The predicted molar refractivity (Wildman–Crippen MR) is 79.7 cm³/mol. The van der Waals surface area contributed by atoms with E-state index in [9.17, 15) is 9.59 Å². The van der Waals surface area contributed by atoms with Gasteiger partial charge in [0.1, 0.15) is 0 Å². The van der Waals surface area contributed by atoms with Gasteiger partial charge in [0.05, 0.1) is 12.0 Å². The maximum absolute atomic E-state index is 12.2. The Hall–Kier alpha value is -1.95. The zero-order valence-corrected chi connectivity index (χ0v) is 12.5. The Labute approximate surface area is 129 Å². The molecule has 2 unspecified atom stereocenters. The zero-order chi connectivity index (χ0) is 15.4. The number of ether oxygens (including phenoxy) is 1. The lowest BCUT2D eigenvalue weighted by atomic mass is 10.1. The van der Waals surface area contributed by atoms with Gasteiger partial charge in [-0.25, -0.2) is 0 Å². The average Bonchev–Trinajstić information content (AvgIpc) is 3.17. The summed E-state index contributed by atoms with van der Waals surface area (Å²) >= 11 is 0. The molecule has 0 radical (unpaired) electrons. The minimum Gasteiger partial charge on any atom is -0.376 e. The van der Waals surface area contributed by atoms with Crippen molar-refractivity contribution in [3.05, 3.63) is 30.1 Å². The molecule has 3 heterocycles. The van der Waals surface area contributed by atoms with E-state index in [1.165, 1.54) is 0 Å². The smallest absolute Gasteiger partial charge is 0.225 e. The Balaban J connectivity index is 1.48. The molecule has 1 N–H and O–H groups in total. The minimum atomic E-state index is -0.254. The molecule has 118 valence electrons. The fourth-order valence-electron chi connectivity index (χ4n) is 2.99. The first-order valence-corrected chi connectivity index (χ1v) is 7.78.